The largest absolute Gasteiger partial charge is 0.377 e. The second-order valence-corrected chi connectivity index (χ2v) is 7.37. The average molecular weight is 349 g/mol. The third-order valence-electron chi connectivity index (χ3n) is 3.57. The van der Waals surface area contributed by atoms with E-state index in [1.54, 1.807) is 11.8 Å². The molecule has 2 heterocycles. The Kier molecular flexibility index (Phi) is 5.64. The summed E-state index contributed by atoms with van der Waals surface area (Å²) in [6.07, 6.45) is 3.35. The van der Waals surface area contributed by atoms with E-state index in [2.05, 4.69) is 15.5 Å². The van der Waals surface area contributed by atoms with Crippen LogP contribution in [0.5, 0.6) is 0 Å². The number of aromatic nitrogens is 2. The molecule has 0 unspecified atom stereocenters. The van der Waals surface area contributed by atoms with Gasteiger partial charge in [-0.1, -0.05) is 30.4 Å². The number of carbonyl (C=O) groups is 1. The number of rotatable bonds is 6. The second-order valence-electron chi connectivity index (χ2n) is 5.25. The number of ether oxygens (including phenoxy) is 1. The van der Waals surface area contributed by atoms with Crippen molar-refractivity contribution in [2.45, 2.75) is 37.2 Å². The third-order valence-corrected chi connectivity index (χ3v) is 5.76. The van der Waals surface area contributed by atoms with Crippen LogP contribution in [-0.2, 0) is 11.2 Å². The molecule has 7 heteroatoms. The quantitative estimate of drug-likeness (QED) is 0.807. The molecule has 1 aliphatic rings. The zero-order valence-corrected chi connectivity index (χ0v) is 14.6. The Balaban J connectivity index is 1.66. The number of carbonyl (C=O) groups excluding carboxylic acids is 1. The summed E-state index contributed by atoms with van der Waals surface area (Å²) in [5.41, 5.74) is 0.670. The van der Waals surface area contributed by atoms with Crippen molar-refractivity contribution in [2.24, 2.45) is 0 Å². The highest BCUT2D eigenvalue weighted by atomic mass is 32.2. The van der Waals surface area contributed by atoms with Gasteiger partial charge in [0.1, 0.15) is 5.01 Å². The molecule has 5 nitrogen and oxygen atoms in total. The Labute approximate surface area is 143 Å². The van der Waals surface area contributed by atoms with Crippen LogP contribution in [0.4, 0.5) is 5.13 Å². The summed E-state index contributed by atoms with van der Waals surface area (Å²) in [6.45, 7) is 2.87. The first-order valence-electron chi connectivity index (χ1n) is 7.73. The lowest BCUT2D eigenvalue weighted by Crippen LogP contribution is -2.14. The summed E-state index contributed by atoms with van der Waals surface area (Å²) in [4.78, 5) is 13.5. The van der Waals surface area contributed by atoms with Gasteiger partial charge in [-0.05, 0) is 31.4 Å². The summed E-state index contributed by atoms with van der Waals surface area (Å²) in [6, 6.07) is 7.65. The van der Waals surface area contributed by atoms with Gasteiger partial charge >= 0.3 is 0 Å². The first kappa shape index (κ1) is 16.4. The van der Waals surface area contributed by atoms with Crippen LogP contribution < -0.4 is 5.32 Å². The highest BCUT2D eigenvalue weighted by molar-refractivity contribution is 7.99. The topological polar surface area (TPSA) is 64.1 Å². The molecule has 23 heavy (non-hydrogen) atoms. The molecule has 0 radical (unpaired) electrons. The van der Waals surface area contributed by atoms with Crippen LogP contribution in [0.2, 0.25) is 0 Å². The predicted octanol–water partition coefficient (Wildman–Crippen LogP) is 3.62. The first-order chi connectivity index (χ1) is 11.3. The van der Waals surface area contributed by atoms with E-state index < -0.39 is 0 Å². The molecule has 2 aromatic rings. The molecule has 1 amide bonds. The number of aryl methyl sites for hydroxylation is 1. The van der Waals surface area contributed by atoms with Gasteiger partial charge in [0, 0.05) is 17.3 Å². The molecule has 3 rings (SSSR count). The van der Waals surface area contributed by atoms with Crippen LogP contribution in [-0.4, -0.2) is 34.6 Å². The van der Waals surface area contributed by atoms with Crippen molar-refractivity contribution in [3.63, 3.8) is 0 Å². The number of thioether (sulfide) groups is 1. The van der Waals surface area contributed by atoms with Crippen LogP contribution >= 0.6 is 23.1 Å². The molecule has 1 aliphatic heterocycles. The molecule has 0 aliphatic carbocycles. The monoisotopic (exact) mass is 349 g/mol. The van der Waals surface area contributed by atoms with Gasteiger partial charge in [0.15, 0.2) is 0 Å². The summed E-state index contributed by atoms with van der Waals surface area (Å²) in [5, 5.41) is 12.3. The van der Waals surface area contributed by atoms with Crippen LogP contribution in [0.25, 0.3) is 0 Å². The fraction of sp³-hybridized carbons (Fsp3) is 0.438. The Morgan fingerprint density at radius 1 is 1.43 bits per heavy atom. The van der Waals surface area contributed by atoms with Crippen molar-refractivity contribution in [1.29, 1.82) is 0 Å². The van der Waals surface area contributed by atoms with Crippen molar-refractivity contribution in [3.8, 4) is 0 Å². The van der Waals surface area contributed by atoms with Crippen LogP contribution in [0, 0.1) is 0 Å². The standard InChI is InChI=1S/C16H19N3O2S2/c1-2-14-18-19-16(23-14)17-15(20)12-7-3-4-8-13(12)22-10-11-6-5-9-21-11/h3-4,7-8,11H,2,5-6,9-10H2,1H3,(H,17,19,20)/t11-/m1/s1. The SMILES string of the molecule is CCc1nnc(NC(=O)c2ccccc2SC[C@H]2CCCO2)s1. The van der Waals surface area contributed by atoms with E-state index in [9.17, 15) is 4.79 Å². The van der Waals surface area contributed by atoms with E-state index in [-0.39, 0.29) is 5.91 Å². The molecule has 1 aromatic carbocycles. The highest BCUT2D eigenvalue weighted by Gasteiger charge is 2.18. The third kappa shape index (κ3) is 4.31. The first-order valence-corrected chi connectivity index (χ1v) is 9.53. The summed E-state index contributed by atoms with van der Waals surface area (Å²) in [5.74, 6) is 0.738. The number of benzene rings is 1. The van der Waals surface area contributed by atoms with E-state index in [0.29, 0.717) is 16.8 Å². The minimum absolute atomic E-state index is 0.140. The van der Waals surface area contributed by atoms with E-state index in [0.717, 1.165) is 41.5 Å². The molecule has 1 aromatic heterocycles. The zero-order valence-electron chi connectivity index (χ0n) is 12.9. The Morgan fingerprint density at radius 3 is 3.04 bits per heavy atom. The number of amides is 1. The van der Waals surface area contributed by atoms with Gasteiger partial charge in [0.05, 0.1) is 11.7 Å². The zero-order chi connectivity index (χ0) is 16.1. The van der Waals surface area contributed by atoms with Crippen molar-refractivity contribution in [3.05, 3.63) is 34.8 Å². The number of nitrogens with one attached hydrogen (secondary N) is 1. The minimum atomic E-state index is -0.140. The average Bonchev–Trinajstić information content (AvgIpc) is 3.24. The predicted molar refractivity (Wildman–Crippen MR) is 93.4 cm³/mol. The van der Waals surface area contributed by atoms with E-state index in [1.165, 1.54) is 11.3 Å². The van der Waals surface area contributed by atoms with Crippen molar-refractivity contribution in [2.75, 3.05) is 17.7 Å². The maximum atomic E-state index is 12.5. The molecule has 0 spiro atoms. The fourth-order valence-electron chi connectivity index (χ4n) is 2.35. The Morgan fingerprint density at radius 2 is 2.30 bits per heavy atom. The van der Waals surface area contributed by atoms with Gasteiger partial charge < -0.3 is 4.74 Å². The lowest BCUT2D eigenvalue weighted by atomic mass is 10.2. The molecule has 0 bridgehead atoms. The Bertz CT molecular complexity index is 669. The molecule has 122 valence electrons. The van der Waals surface area contributed by atoms with E-state index in [4.69, 9.17) is 4.74 Å². The second kappa shape index (κ2) is 7.90. The number of anilines is 1. The molecule has 1 saturated heterocycles. The summed E-state index contributed by atoms with van der Waals surface area (Å²) < 4.78 is 5.65. The molecular formula is C16H19N3O2S2. The van der Waals surface area contributed by atoms with Gasteiger partial charge in [-0.3, -0.25) is 10.1 Å². The lowest BCUT2D eigenvalue weighted by molar-refractivity contribution is 0.102. The van der Waals surface area contributed by atoms with Crippen molar-refractivity contribution >= 4 is 34.1 Å². The van der Waals surface area contributed by atoms with Gasteiger partial charge in [-0.2, -0.15) is 0 Å². The maximum absolute atomic E-state index is 12.5. The van der Waals surface area contributed by atoms with Gasteiger partial charge in [0.2, 0.25) is 5.13 Å². The summed E-state index contributed by atoms with van der Waals surface area (Å²) in [7, 11) is 0. The smallest absolute Gasteiger partial charge is 0.258 e. The molecule has 0 saturated carbocycles. The summed E-state index contributed by atoms with van der Waals surface area (Å²) >= 11 is 3.09. The molecular weight excluding hydrogens is 330 g/mol. The lowest BCUT2D eigenvalue weighted by Gasteiger charge is -2.11. The molecule has 1 atom stereocenters. The maximum Gasteiger partial charge on any atom is 0.258 e. The minimum Gasteiger partial charge on any atom is -0.377 e. The number of nitrogens with zero attached hydrogens (tertiary/aromatic N) is 2. The molecule has 1 N–H and O–H groups in total. The van der Waals surface area contributed by atoms with Crippen LogP contribution in [0.1, 0.15) is 35.1 Å². The van der Waals surface area contributed by atoms with Crippen LogP contribution in [0.15, 0.2) is 29.2 Å². The van der Waals surface area contributed by atoms with E-state index >= 15 is 0 Å². The van der Waals surface area contributed by atoms with Gasteiger partial charge in [-0.25, -0.2) is 0 Å². The highest BCUT2D eigenvalue weighted by Crippen LogP contribution is 2.27. The van der Waals surface area contributed by atoms with E-state index in [1.807, 2.05) is 31.2 Å². The fourth-order valence-corrected chi connectivity index (χ4v) is 4.14. The van der Waals surface area contributed by atoms with Crippen molar-refractivity contribution in [1.82, 2.24) is 10.2 Å². The van der Waals surface area contributed by atoms with Gasteiger partial charge in [-0.15, -0.1) is 22.0 Å². The number of hydrogen-bond acceptors (Lipinski definition) is 6. The Hall–Kier alpha value is -1.44. The number of hydrogen-bond donors (Lipinski definition) is 1. The molecule has 1 fully saturated rings. The normalized spacial score (nSPS) is 17.3. The van der Waals surface area contributed by atoms with Crippen molar-refractivity contribution < 1.29 is 9.53 Å². The van der Waals surface area contributed by atoms with Crippen LogP contribution in [0.3, 0.4) is 0 Å². The van der Waals surface area contributed by atoms with Gasteiger partial charge in [0.25, 0.3) is 5.91 Å².